The van der Waals surface area contributed by atoms with Gasteiger partial charge in [-0.3, -0.25) is 0 Å². The van der Waals surface area contributed by atoms with Gasteiger partial charge in [-0.05, 0) is 86.5 Å². The van der Waals surface area contributed by atoms with E-state index in [1.54, 1.807) is 13.0 Å². The lowest BCUT2D eigenvalue weighted by Crippen LogP contribution is -2.11. The summed E-state index contributed by atoms with van der Waals surface area (Å²) in [6, 6.07) is 12.3. The van der Waals surface area contributed by atoms with Crippen LogP contribution < -0.4 is 4.74 Å². The first-order valence-electron chi connectivity index (χ1n) is 11.0. The normalized spacial score (nSPS) is 19.6. The molecule has 0 saturated heterocycles. The van der Waals surface area contributed by atoms with Crippen molar-refractivity contribution in [3.8, 4) is 5.75 Å². The van der Waals surface area contributed by atoms with Crippen molar-refractivity contribution in [2.24, 2.45) is 5.92 Å². The van der Waals surface area contributed by atoms with Gasteiger partial charge in [0.2, 0.25) is 5.82 Å². The molecule has 0 aliphatic heterocycles. The fourth-order valence-corrected chi connectivity index (χ4v) is 4.23. The van der Waals surface area contributed by atoms with Crippen LogP contribution in [0.5, 0.6) is 5.75 Å². The quantitative estimate of drug-likeness (QED) is 0.421. The van der Waals surface area contributed by atoms with E-state index in [-0.39, 0.29) is 5.75 Å². The number of allylic oxidation sites excluding steroid dienone is 2. The number of ether oxygens (including phenoxy) is 1. The van der Waals surface area contributed by atoms with Gasteiger partial charge in [0.1, 0.15) is 0 Å². The van der Waals surface area contributed by atoms with E-state index in [4.69, 9.17) is 4.74 Å². The summed E-state index contributed by atoms with van der Waals surface area (Å²) in [7, 11) is 0. The number of hydrogen-bond acceptors (Lipinski definition) is 1. The zero-order valence-corrected chi connectivity index (χ0v) is 17.6. The molecule has 2 aromatic carbocycles. The molecule has 0 aromatic heterocycles. The molecule has 29 heavy (non-hydrogen) atoms. The predicted molar refractivity (Wildman–Crippen MR) is 116 cm³/mol. The monoisotopic (exact) mass is 398 g/mol. The van der Waals surface area contributed by atoms with Crippen LogP contribution in [0.3, 0.4) is 0 Å². The summed E-state index contributed by atoms with van der Waals surface area (Å²) in [4.78, 5) is 0. The smallest absolute Gasteiger partial charge is 0.200 e. The van der Waals surface area contributed by atoms with Crippen molar-refractivity contribution in [3.63, 3.8) is 0 Å². The lowest BCUT2D eigenvalue weighted by Gasteiger charge is -2.27. The van der Waals surface area contributed by atoms with Gasteiger partial charge in [0, 0.05) is 0 Å². The molecule has 1 saturated carbocycles. The molecule has 0 radical (unpaired) electrons. The van der Waals surface area contributed by atoms with Gasteiger partial charge in [-0.15, -0.1) is 0 Å². The van der Waals surface area contributed by atoms with Crippen LogP contribution in [0.4, 0.5) is 8.78 Å². The first-order chi connectivity index (χ1) is 14.1. The summed E-state index contributed by atoms with van der Waals surface area (Å²) in [5.74, 6) is -0.391. The maximum Gasteiger partial charge on any atom is 0.200 e. The topological polar surface area (TPSA) is 9.23 Å². The zero-order chi connectivity index (χ0) is 20.6. The Morgan fingerprint density at radius 2 is 1.66 bits per heavy atom. The van der Waals surface area contributed by atoms with Crippen molar-refractivity contribution in [1.82, 2.24) is 0 Å². The second-order valence-corrected chi connectivity index (χ2v) is 7.96. The standard InChI is InChI=1S/C26H32F2O/c1-3-19-9-13-21(14-10-19)22-15-11-20(12-16-22)7-5-6-8-23-17-18-24(29-4-2)26(28)25(23)27/h5,7,9-10,13-14,17-18,20,22H,3-4,6,8,11-12,15-16H2,1-2H3. The molecule has 0 unspecified atom stereocenters. The Balaban J connectivity index is 1.45. The highest BCUT2D eigenvalue weighted by Crippen LogP contribution is 2.36. The highest BCUT2D eigenvalue weighted by molar-refractivity contribution is 5.31. The molecule has 0 heterocycles. The van der Waals surface area contributed by atoms with E-state index in [9.17, 15) is 8.78 Å². The van der Waals surface area contributed by atoms with Crippen LogP contribution in [-0.2, 0) is 12.8 Å². The summed E-state index contributed by atoms with van der Waals surface area (Å²) in [5.41, 5.74) is 3.28. The van der Waals surface area contributed by atoms with Gasteiger partial charge in [-0.2, -0.15) is 4.39 Å². The zero-order valence-electron chi connectivity index (χ0n) is 17.6. The number of halogens is 2. The molecular formula is C26H32F2O. The molecular weight excluding hydrogens is 366 g/mol. The Bertz CT molecular complexity index is 802. The van der Waals surface area contributed by atoms with Crippen LogP contribution in [0, 0.1) is 17.6 Å². The van der Waals surface area contributed by atoms with Gasteiger partial charge in [0.05, 0.1) is 6.61 Å². The van der Waals surface area contributed by atoms with E-state index < -0.39 is 11.6 Å². The summed E-state index contributed by atoms with van der Waals surface area (Å²) in [6.07, 6.45) is 11.6. The fraction of sp³-hybridized carbons (Fsp3) is 0.462. The van der Waals surface area contributed by atoms with Crippen molar-refractivity contribution in [2.75, 3.05) is 6.61 Å². The Morgan fingerprint density at radius 3 is 2.31 bits per heavy atom. The highest BCUT2D eigenvalue weighted by Gasteiger charge is 2.20. The molecule has 3 rings (SSSR count). The molecule has 3 heteroatoms. The highest BCUT2D eigenvalue weighted by atomic mass is 19.2. The molecule has 1 fully saturated rings. The molecule has 0 atom stereocenters. The molecule has 1 nitrogen and oxygen atoms in total. The average Bonchev–Trinajstić information content (AvgIpc) is 2.76. The van der Waals surface area contributed by atoms with Gasteiger partial charge in [0.25, 0.3) is 0 Å². The lowest BCUT2D eigenvalue weighted by atomic mass is 9.78. The Morgan fingerprint density at radius 1 is 0.931 bits per heavy atom. The minimum Gasteiger partial charge on any atom is -0.491 e. The summed E-state index contributed by atoms with van der Waals surface area (Å²) in [5, 5.41) is 0. The minimum atomic E-state index is -0.876. The van der Waals surface area contributed by atoms with Crippen molar-refractivity contribution in [1.29, 1.82) is 0 Å². The molecule has 1 aliphatic carbocycles. The molecule has 1 aliphatic rings. The van der Waals surface area contributed by atoms with E-state index in [1.165, 1.54) is 42.9 Å². The Hall–Kier alpha value is -2.16. The summed E-state index contributed by atoms with van der Waals surface area (Å²) >= 11 is 0. The largest absolute Gasteiger partial charge is 0.491 e. The third-order valence-corrected chi connectivity index (χ3v) is 6.05. The number of aryl methyl sites for hydroxylation is 2. The number of hydrogen-bond donors (Lipinski definition) is 0. The van der Waals surface area contributed by atoms with E-state index >= 15 is 0 Å². The van der Waals surface area contributed by atoms with Crippen molar-refractivity contribution >= 4 is 0 Å². The van der Waals surface area contributed by atoms with Gasteiger partial charge >= 0.3 is 0 Å². The van der Waals surface area contributed by atoms with Crippen LogP contribution >= 0.6 is 0 Å². The SMILES string of the molecule is CCOc1ccc(CCC=CC2CCC(c3ccc(CC)cc3)CC2)c(F)c1F. The maximum absolute atomic E-state index is 14.1. The van der Waals surface area contributed by atoms with Crippen LogP contribution in [-0.4, -0.2) is 6.61 Å². The number of benzene rings is 2. The van der Waals surface area contributed by atoms with Crippen molar-refractivity contribution < 1.29 is 13.5 Å². The molecule has 0 spiro atoms. The molecule has 0 N–H and O–H groups in total. The first kappa shape index (κ1) is 21.5. The van der Waals surface area contributed by atoms with Gasteiger partial charge in [-0.1, -0.05) is 49.4 Å². The molecule has 156 valence electrons. The number of rotatable bonds is 8. The van der Waals surface area contributed by atoms with Crippen LogP contribution in [0.1, 0.15) is 68.6 Å². The van der Waals surface area contributed by atoms with E-state index in [2.05, 4.69) is 43.3 Å². The van der Waals surface area contributed by atoms with Crippen LogP contribution in [0.25, 0.3) is 0 Å². The Kier molecular flexibility index (Phi) is 7.85. The van der Waals surface area contributed by atoms with E-state index in [0.29, 0.717) is 30.4 Å². The molecule has 2 aromatic rings. The Labute approximate surface area is 173 Å². The van der Waals surface area contributed by atoms with E-state index in [0.717, 1.165) is 12.8 Å². The second-order valence-electron chi connectivity index (χ2n) is 7.96. The third kappa shape index (κ3) is 5.68. The lowest BCUT2D eigenvalue weighted by molar-refractivity contribution is 0.313. The minimum absolute atomic E-state index is 0.00890. The first-order valence-corrected chi connectivity index (χ1v) is 11.0. The van der Waals surface area contributed by atoms with Gasteiger partial charge in [0.15, 0.2) is 11.6 Å². The predicted octanol–water partition coefficient (Wildman–Crippen LogP) is 7.39. The fourth-order valence-electron chi connectivity index (χ4n) is 4.23. The average molecular weight is 399 g/mol. The summed E-state index contributed by atoms with van der Waals surface area (Å²) in [6.45, 7) is 4.27. The molecule has 0 bridgehead atoms. The second kappa shape index (κ2) is 10.6. The maximum atomic E-state index is 14.1. The van der Waals surface area contributed by atoms with Crippen molar-refractivity contribution in [2.45, 2.75) is 64.7 Å². The van der Waals surface area contributed by atoms with Crippen LogP contribution in [0.15, 0.2) is 48.6 Å². The molecule has 0 amide bonds. The third-order valence-electron chi connectivity index (χ3n) is 6.05. The van der Waals surface area contributed by atoms with Crippen LogP contribution in [0.2, 0.25) is 0 Å². The summed E-state index contributed by atoms with van der Waals surface area (Å²) < 4.78 is 33.2. The van der Waals surface area contributed by atoms with Gasteiger partial charge < -0.3 is 4.74 Å². The van der Waals surface area contributed by atoms with Crippen molar-refractivity contribution in [3.05, 3.63) is 76.9 Å². The van der Waals surface area contributed by atoms with Gasteiger partial charge in [-0.25, -0.2) is 4.39 Å². The van der Waals surface area contributed by atoms with E-state index in [1.807, 2.05) is 0 Å².